The van der Waals surface area contributed by atoms with Crippen LogP contribution in [0.4, 0.5) is 0 Å². The molecule has 1 unspecified atom stereocenters. The van der Waals surface area contributed by atoms with Crippen LogP contribution in [0.15, 0.2) is 23.3 Å². The average Bonchev–Trinajstić information content (AvgIpc) is 3.01. The van der Waals surface area contributed by atoms with Crippen LogP contribution < -0.4 is 15.2 Å². The summed E-state index contributed by atoms with van der Waals surface area (Å²) in [5, 5.41) is 0. The van der Waals surface area contributed by atoms with Gasteiger partial charge < -0.3 is 24.3 Å². The lowest BCUT2D eigenvalue weighted by Gasteiger charge is -2.32. The zero-order valence-corrected chi connectivity index (χ0v) is 12.6. The van der Waals surface area contributed by atoms with Crippen LogP contribution in [0.2, 0.25) is 0 Å². The third-order valence-corrected chi connectivity index (χ3v) is 3.57. The van der Waals surface area contributed by atoms with Gasteiger partial charge in [0.25, 0.3) is 5.91 Å². The van der Waals surface area contributed by atoms with E-state index in [-0.39, 0.29) is 23.7 Å². The fraction of sp³-hybridized carbons (Fsp3) is 0.429. The molecule has 1 amide bonds. The van der Waals surface area contributed by atoms with Crippen molar-refractivity contribution >= 4 is 5.91 Å². The summed E-state index contributed by atoms with van der Waals surface area (Å²) in [6.45, 7) is 1.05. The van der Waals surface area contributed by atoms with Crippen molar-refractivity contribution in [1.82, 2.24) is 24.8 Å². The van der Waals surface area contributed by atoms with Crippen LogP contribution in [0.3, 0.4) is 0 Å². The van der Waals surface area contributed by atoms with Gasteiger partial charge in [0.15, 0.2) is 0 Å². The number of amides is 1. The van der Waals surface area contributed by atoms with Crippen molar-refractivity contribution in [1.29, 1.82) is 0 Å². The number of carbonyl (C=O) groups excluding carboxylic acids is 1. The highest BCUT2D eigenvalue weighted by Crippen LogP contribution is 2.18. The van der Waals surface area contributed by atoms with Gasteiger partial charge >= 0.3 is 11.7 Å². The van der Waals surface area contributed by atoms with E-state index in [0.29, 0.717) is 19.0 Å². The van der Waals surface area contributed by atoms with Gasteiger partial charge in [0.2, 0.25) is 5.88 Å². The van der Waals surface area contributed by atoms with Crippen molar-refractivity contribution in [3.8, 4) is 11.9 Å². The number of nitrogens with zero attached hydrogens (tertiary/aromatic N) is 3. The first-order chi connectivity index (χ1) is 11.2. The smallest absolute Gasteiger partial charge is 0.323 e. The number of piperidine rings is 1. The monoisotopic (exact) mass is 319 g/mol. The Morgan fingerprint density at radius 2 is 2.35 bits per heavy atom. The summed E-state index contributed by atoms with van der Waals surface area (Å²) < 4.78 is 10.8. The predicted molar refractivity (Wildman–Crippen MR) is 79.6 cm³/mol. The number of likely N-dealkylation sites (tertiary alicyclic amines) is 1. The first kappa shape index (κ1) is 15.1. The summed E-state index contributed by atoms with van der Waals surface area (Å²) in [5.41, 5.74) is -0.148. The van der Waals surface area contributed by atoms with Crippen LogP contribution in [0, 0.1) is 0 Å². The summed E-state index contributed by atoms with van der Waals surface area (Å²) in [5.74, 6) is 0.183. The zero-order valence-electron chi connectivity index (χ0n) is 12.6. The molecule has 2 aromatic heterocycles. The van der Waals surface area contributed by atoms with E-state index in [1.807, 2.05) is 0 Å². The van der Waals surface area contributed by atoms with Gasteiger partial charge in [-0.2, -0.15) is 4.98 Å². The quantitative estimate of drug-likeness (QED) is 0.831. The highest BCUT2D eigenvalue weighted by molar-refractivity contribution is 5.92. The molecule has 3 rings (SSSR count). The number of methoxy groups -OCH3 is 1. The minimum Gasteiger partial charge on any atom is -0.472 e. The van der Waals surface area contributed by atoms with Crippen molar-refractivity contribution in [2.45, 2.75) is 18.9 Å². The second-order valence-corrected chi connectivity index (χ2v) is 5.17. The van der Waals surface area contributed by atoms with Crippen molar-refractivity contribution in [2.75, 3.05) is 20.2 Å². The maximum Gasteiger partial charge on any atom is 0.323 e. The lowest BCUT2D eigenvalue weighted by Crippen LogP contribution is -2.44. The SMILES string of the molecule is COc1nccc(OC2CCCN(C(=O)c3c[nH]c(=O)[nH]3)C2)n1. The molecular formula is C14H17N5O4. The Balaban J connectivity index is 1.66. The molecule has 2 aromatic rings. The van der Waals surface area contributed by atoms with Crippen molar-refractivity contribution in [3.63, 3.8) is 0 Å². The van der Waals surface area contributed by atoms with Crippen molar-refractivity contribution < 1.29 is 14.3 Å². The van der Waals surface area contributed by atoms with E-state index in [4.69, 9.17) is 9.47 Å². The van der Waals surface area contributed by atoms with Crippen LogP contribution in [0.1, 0.15) is 23.3 Å². The van der Waals surface area contributed by atoms with E-state index in [1.54, 1.807) is 17.2 Å². The topological polar surface area (TPSA) is 113 Å². The highest BCUT2D eigenvalue weighted by Gasteiger charge is 2.26. The van der Waals surface area contributed by atoms with Gasteiger partial charge in [0.05, 0.1) is 13.7 Å². The first-order valence-electron chi connectivity index (χ1n) is 7.26. The van der Waals surface area contributed by atoms with Crippen LogP contribution in [0.25, 0.3) is 0 Å². The molecule has 1 atom stereocenters. The molecule has 0 radical (unpaired) electrons. The zero-order chi connectivity index (χ0) is 16.2. The summed E-state index contributed by atoms with van der Waals surface area (Å²) in [6, 6.07) is 1.88. The molecule has 1 aliphatic heterocycles. The van der Waals surface area contributed by atoms with Gasteiger partial charge in [0.1, 0.15) is 11.8 Å². The van der Waals surface area contributed by atoms with E-state index in [0.717, 1.165) is 12.8 Å². The Hall–Kier alpha value is -2.84. The maximum atomic E-state index is 12.3. The van der Waals surface area contributed by atoms with E-state index in [2.05, 4.69) is 19.9 Å². The minimum atomic E-state index is -0.397. The maximum absolute atomic E-state index is 12.3. The molecule has 9 heteroatoms. The number of ether oxygens (including phenoxy) is 2. The second-order valence-electron chi connectivity index (χ2n) is 5.17. The van der Waals surface area contributed by atoms with Crippen molar-refractivity contribution in [3.05, 3.63) is 34.6 Å². The lowest BCUT2D eigenvalue weighted by atomic mass is 10.1. The largest absolute Gasteiger partial charge is 0.472 e. The summed E-state index contributed by atoms with van der Waals surface area (Å²) in [6.07, 6.45) is 4.40. The van der Waals surface area contributed by atoms with Gasteiger partial charge in [-0.1, -0.05) is 0 Å². The number of aromatic nitrogens is 4. The van der Waals surface area contributed by atoms with Gasteiger partial charge in [0, 0.05) is 25.0 Å². The number of hydrogen-bond donors (Lipinski definition) is 2. The van der Waals surface area contributed by atoms with Gasteiger partial charge in [-0.15, -0.1) is 0 Å². The molecule has 9 nitrogen and oxygen atoms in total. The van der Waals surface area contributed by atoms with E-state index >= 15 is 0 Å². The standard InChI is InChI=1S/C14H17N5O4/c1-22-14-15-5-4-11(18-14)23-9-3-2-6-19(8-9)12(20)10-7-16-13(21)17-10/h4-5,7,9H,2-3,6,8H2,1H3,(H2,16,17,21). The molecule has 1 aliphatic rings. The fourth-order valence-electron chi connectivity index (χ4n) is 2.50. The number of imidazole rings is 1. The normalized spacial score (nSPS) is 17.8. The number of hydrogen-bond acceptors (Lipinski definition) is 6. The van der Waals surface area contributed by atoms with Crippen LogP contribution in [-0.4, -0.2) is 57.0 Å². The Kier molecular flexibility index (Phi) is 4.26. The number of nitrogens with one attached hydrogen (secondary N) is 2. The average molecular weight is 319 g/mol. The summed E-state index contributed by atoms with van der Waals surface area (Å²) >= 11 is 0. The summed E-state index contributed by atoms with van der Waals surface area (Å²) in [4.78, 5) is 38.0. The molecule has 23 heavy (non-hydrogen) atoms. The fourth-order valence-corrected chi connectivity index (χ4v) is 2.50. The first-order valence-corrected chi connectivity index (χ1v) is 7.26. The molecular weight excluding hydrogens is 302 g/mol. The molecule has 0 aromatic carbocycles. The molecule has 122 valence electrons. The van der Waals surface area contributed by atoms with Crippen LogP contribution in [-0.2, 0) is 0 Å². The molecule has 0 aliphatic carbocycles. The lowest BCUT2D eigenvalue weighted by molar-refractivity contribution is 0.0521. The number of rotatable bonds is 4. The van der Waals surface area contributed by atoms with Crippen LogP contribution in [0.5, 0.6) is 11.9 Å². The molecule has 1 fully saturated rings. The summed E-state index contributed by atoms with van der Waals surface area (Å²) in [7, 11) is 1.48. The second kappa shape index (κ2) is 6.51. The predicted octanol–water partition coefficient (Wildman–Crippen LogP) is 0.185. The van der Waals surface area contributed by atoms with Gasteiger partial charge in [-0.05, 0) is 12.8 Å². The molecule has 0 spiro atoms. The third kappa shape index (κ3) is 3.50. The molecule has 0 bridgehead atoms. The Labute approximate surface area is 131 Å². The number of aromatic amines is 2. The van der Waals surface area contributed by atoms with Gasteiger partial charge in [-0.25, -0.2) is 9.78 Å². The Morgan fingerprint density at radius 1 is 1.48 bits per heavy atom. The van der Waals surface area contributed by atoms with Gasteiger partial charge in [-0.3, -0.25) is 4.79 Å². The number of H-pyrrole nitrogens is 2. The highest BCUT2D eigenvalue weighted by atomic mass is 16.5. The van der Waals surface area contributed by atoms with E-state index < -0.39 is 5.69 Å². The Bertz CT molecular complexity index is 741. The van der Waals surface area contributed by atoms with Crippen molar-refractivity contribution in [2.24, 2.45) is 0 Å². The molecule has 2 N–H and O–H groups in total. The number of carbonyl (C=O) groups is 1. The minimum absolute atomic E-state index is 0.169. The molecule has 3 heterocycles. The Morgan fingerprint density at radius 3 is 3.09 bits per heavy atom. The van der Waals surface area contributed by atoms with Crippen LogP contribution >= 0.6 is 0 Å². The third-order valence-electron chi connectivity index (χ3n) is 3.57. The van der Waals surface area contributed by atoms with E-state index in [1.165, 1.54) is 13.3 Å². The molecule has 0 saturated carbocycles. The molecule has 1 saturated heterocycles. The van der Waals surface area contributed by atoms with E-state index in [9.17, 15) is 9.59 Å².